The molecule has 124 valence electrons. The van der Waals surface area contributed by atoms with E-state index in [1.807, 2.05) is 47.8 Å². The molecule has 2 aromatic carbocycles. The third-order valence-corrected chi connectivity index (χ3v) is 4.75. The topological polar surface area (TPSA) is 68.3 Å². The van der Waals surface area contributed by atoms with Crippen molar-refractivity contribution in [2.75, 3.05) is 5.32 Å². The summed E-state index contributed by atoms with van der Waals surface area (Å²) in [5.41, 5.74) is 3.12. The van der Waals surface area contributed by atoms with Crippen molar-refractivity contribution in [1.82, 2.24) is 4.98 Å². The predicted molar refractivity (Wildman–Crippen MR) is 95.5 cm³/mol. The zero-order valence-corrected chi connectivity index (χ0v) is 14.0. The molecular formula is C19H14N2O3S. The van der Waals surface area contributed by atoms with E-state index in [9.17, 15) is 9.59 Å². The zero-order valence-electron chi connectivity index (χ0n) is 13.1. The Morgan fingerprint density at radius 2 is 1.88 bits per heavy atom. The molecule has 0 aliphatic carbocycles. The number of ether oxygens (including phenoxy) is 1. The molecule has 4 rings (SSSR count). The number of rotatable bonds is 3. The Kier molecular flexibility index (Phi) is 4.03. The number of hydrogen-bond acceptors (Lipinski definition) is 5. The fourth-order valence-electron chi connectivity index (χ4n) is 2.74. The Balaban J connectivity index is 1.48. The van der Waals surface area contributed by atoms with Crippen LogP contribution in [-0.4, -0.2) is 23.0 Å². The number of carbonyl (C=O) groups is 2. The fraction of sp³-hybridized carbons (Fsp3) is 0.105. The van der Waals surface area contributed by atoms with Crippen LogP contribution in [0.15, 0.2) is 60.0 Å². The molecule has 2 heterocycles. The van der Waals surface area contributed by atoms with Crippen molar-refractivity contribution >= 4 is 28.3 Å². The van der Waals surface area contributed by atoms with E-state index in [1.165, 1.54) is 11.3 Å². The highest BCUT2D eigenvalue weighted by Crippen LogP contribution is 2.26. The van der Waals surface area contributed by atoms with Crippen LogP contribution >= 0.6 is 11.3 Å². The maximum absolute atomic E-state index is 12.4. The van der Waals surface area contributed by atoms with Crippen molar-refractivity contribution in [3.8, 4) is 11.3 Å². The monoisotopic (exact) mass is 350 g/mol. The number of thiazole rings is 1. The van der Waals surface area contributed by atoms with Crippen LogP contribution in [0, 0.1) is 0 Å². The summed E-state index contributed by atoms with van der Waals surface area (Å²) in [6, 6.07) is 16.9. The maximum Gasteiger partial charge on any atom is 0.339 e. The number of nitrogens with one attached hydrogen (secondary N) is 1. The van der Waals surface area contributed by atoms with Crippen LogP contribution in [0.5, 0.6) is 0 Å². The van der Waals surface area contributed by atoms with E-state index in [-0.39, 0.29) is 5.91 Å². The molecule has 1 atom stereocenters. The highest BCUT2D eigenvalue weighted by atomic mass is 32.1. The largest absolute Gasteiger partial charge is 0.448 e. The molecule has 25 heavy (non-hydrogen) atoms. The number of esters is 1. The average molecular weight is 350 g/mol. The molecule has 0 unspecified atom stereocenters. The van der Waals surface area contributed by atoms with Crippen LogP contribution in [-0.2, 0) is 16.0 Å². The molecule has 0 fully saturated rings. The van der Waals surface area contributed by atoms with Gasteiger partial charge in [0.05, 0.1) is 11.3 Å². The van der Waals surface area contributed by atoms with Crippen molar-refractivity contribution < 1.29 is 14.3 Å². The summed E-state index contributed by atoms with van der Waals surface area (Å²) in [7, 11) is 0. The van der Waals surface area contributed by atoms with E-state index in [0.717, 1.165) is 16.8 Å². The van der Waals surface area contributed by atoms with E-state index in [0.29, 0.717) is 17.1 Å². The molecule has 1 aromatic heterocycles. The first kappa shape index (κ1) is 15.5. The number of fused-ring (bicyclic) bond motifs is 1. The number of carbonyl (C=O) groups excluding carboxylic acids is 2. The Morgan fingerprint density at radius 3 is 2.72 bits per heavy atom. The molecular weight excluding hydrogens is 336 g/mol. The Morgan fingerprint density at radius 1 is 1.12 bits per heavy atom. The number of benzene rings is 2. The first-order chi connectivity index (χ1) is 12.2. The highest BCUT2D eigenvalue weighted by molar-refractivity contribution is 7.14. The SMILES string of the molecule is O=C1O[C@H](C(=O)Nc2nc(-c3ccccc3)cs2)Cc2ccccc21. The first-order valence-electron chi connectivity index (χ1n) is 7.81. The predicted octanol–water partition coefficient (Wildman–Crippen LogP) is 3.53. The summed E-state index contributed by atoms with van der Waals surface area (Å²) in [6.45, 7) is 0. The van der Waals surface area contributed by atoms with Gasteiger partial charge >= 0.3 is 5.97 Å². The molecule has 5 nitrogen and oxygen atoms in total. The van der Waals surface area contributed by atoms with Crippen LogP contribution in [0.3, 0.4) is 0 Å². The van der Waals surface area contributed by atoms with Crippen LogP contribution in [0.25, 0.3) is 11.3 Å². The minimum absolute atomic E-state index is 0.364. The second kappa shape index (κ2) is 6.49. The quantitative estimate of drug-likeness (QED) is 0.734. The van der Waals surface area contributed by atoms with Crippen molar-refractivity contribution in [2.24, 2.45) is 0 Å². The lowest BCUT2D eigenvalue weighted by molar-refractivity contribution is -0.125. The molecule has 1 aliphatic heterocycles. The normalized spacial score (nSPS) is 16.0. The van der Waals surface area contributed by atoms with Gasteiger partial charge in [-0.2, -0.15) is 0 Å². The van der Waals surface area contributed by atoms with Gasteiger partial charge in [0.15, 0.2) is 11.2 Å². The van der Waals surface area contributed by atoms with Gasteiger partial charge in [-0.25, -0.2) is 9.78 Å². The first-order valence-corrected chi connectivity index (χ1v) is 8.69. The lowest BCUT2D eigenvalue weighted by Gasteiger charge is -2.23. The Labute approximate surface area is 148 Å². The Bertz CT molecular complexity index is 937. The summed E-state index contributed by atoms with van der Waals surface area (Å²) in [5, 5.41) is 5.11. The minimum atomic E-state index is -0.841. The van der Waals surface area contributed by atoms with E-state index in [1.54, 1.807) is 12.1 Å². The molecule has 1 aliphatic rings. The summed E-state index contributed by atoms with van der Waals surface area (Å²) >= 11 is 1.34. The zero-order chi connectivity index (χ0) is 17.2. The number of cyclic esters (lactones) is 1. The average Bonchev–Trinajstić information content (AvgIpc) is 3.11. The van der Waals surface area contributed by atoms with E-state index in [4.69, 9.17) is 4.74 Å². The van der Waals surface area contributed by atoms with Gasteiger partial charge in [0.1, 0.15) is 0 Å². The molecule has 3 aromatic rings. The summed E-state index contributed by atoms with van der Waals surface area (Å²) in [5.74, 6) is -0.831. The minimum Gasteiger partial charge on any atom is -0.448 e. The maximum atomic E-state index is 12.4. The number of amides is 1. The van der Waals surface area contributed by atoms with Crippen LogP contribution < -0.4 is 5.32 Å². The molecule has 1 amide bonds. The van der Waals surface area contributed by atoms with Gasteiger partial charge in [0.2, 0.25) is 0 Å². The standard InChI is InChI=1S/C19H14N2O3S/c22-17(16-10-13-8-4-5-9-14(13)18(23)24-16)21-19-20-15(11-25-19)12-6-2-1-3-7-12/h1-9,11,16H,10H2,(H,20,21,22)/t16-/m0/s1. The summed E-state index contributed by atoms with van der Waals surface area (Å²) < 4.78 is 5.26. The molecule has 0 spiro atoms. The third-order valence-electron chi connectivity index (χ3n) is 3.99. The van der Waals surface area contributed by atoms with Crippen LogP contribution in [0.2, 0.25) is 0 Å². The van der Waals surface area contributed by atoms with Gasteiger partial charge in [-0.15, -0.1) is 11.3 Å². The van der Waals surface area contributed by atoms with Gasteiger partial charge in [0, 0.05) is 17.4 Å². The number of anilines is 1. The van der Waals surface area contributed by atoms with E-state index < -0.39 is 12.1 Å². The molecule has 0 saturated heterocycles. The lowest BCUT2D eigenvalue weighted by atomic mass is 9.98. The van der Waals surface area contributed by atoms with E-state index >= 15 is 0 Å². The molecule has 1 N–H and O–H groups in total. The van der Waals surface area contributed by atoms with E-state index in [2.05, 4.69) is 10.3 Å². The van der Waals surface area contributed by atoms with Gasteiger partial charge in [0.25, 0.3) is 5.91 Å². The lowest BCUT2D eigenvalue weighted by Crippen LogP contribution is -2.37. The van der Waals surface area contributed by atoms with Crippen molar-refractivity contribution in [2.45, 2.75) is 12.5 Å². The number of hydrogen-bond donors (Lipinski definition) is 1. The van der Waals surface area contributed by atoms with Gasteiger partial charge in [-0.05, 0) is 11.6 Å². The molecule has 0 saturated carbocycles. The Hall–Kier alpha value is -2.99. The van der Waals surface area contributed by atoms with Crippen molar-refractivity contribution in [3.05, 3.63) is 71.1 Å². The summed E-state index contributed by atoms with van der Waals surface area (Å²) in [6.07, 6.45) is -0.475. The van der Waals surface area contributed by atoms with Gasteiger partial charge in [-0.3, -0.25) is 10.1 Å². The molecule has 0 radical (unpaired) electrons. The number of nitrogens with zero attached hydrogens (tertiary/aromatic N) is 1. The van der Waals surface area contributed by atoms with Crippen LogP contribution in [0.1, 0.15) is 15.9 Å². The number of aromatic nitrogens is 1. The smallest absolute Gasteiger partial charge is 0.339 e. The van der Waals surface area contributed by atoms with Gasteiger partial charge in [-0.1, -0.05) is 48.5 Å². The van der Waals surface area contributed by atoms with Crippen molar-refractivity contribution in [3.63, 3.8) is 0 Å². The molecule has 0 bridgehead atoms. The van der Waals surface area contributed by atoms with Gasteiger partial charge < -0.3 is 4.74 Å². The second-order valence-electron chi connectivity index (χ2n) is 5.65. The third kappa shape index (κ3) is 3.16. The molecule has 6 heteroatoms. The second-order valence-corrected chi connectivity index (χ2v) is 6.51. The fourth-order valence-corrected chi connectivity index (χ4v) is 3.46. The van der Waals surface area contributed by atoms with Crippen LogP contribution in [0.4, 0.5) is 5.13 Å². The summed E-state index contributed by atoms with van der Waals surface area (Å²) in [4.78, 5) is 28.9. The highest BCUT2D eigenvalue weighted by Gasteiger charge is 2.31. The van der Waals surface area contributed by atoms with Crippen molar-refractivity contribution in [1.29, 1.82) is 0 Å².